The highest BCUT2D eigenvalue weighted by Crippen LogP contribution is 2.28. The van der Waals surface area contributed by atoms with Gasteiger partial charge in [0.2, 0.25) is 10.0 Å². The molecule has 1 N–H and O–H groups in total. The Kier molecular flexibility index (Phi) is 7.60. The largest absolute Gasteiger partial charge is 0.479 e. The summed E-state index contributed by atoms with van der Waals surface area (Å²) >= 11 is 11.9. The van der Waals surface area contributed by atoms with Gasteiger partial charge < -0.3 is 14.8 Å². The molecule has 2 aromatic rings. The Labute approximate surface area is 185 Å². The van der Waals surface area contributed by atoms with Crippen molar-refractivity contribution in [2.24, 2.45) is 0 Å². The number of sulfonamides is 1. The molecule has 1 aliphatic rings. The molecule has 1 fully saturated rings. The Morgan fingerprint density at radius 2 is 1.90 bits per heavy atom. The minimum atomic E-state index is -3.68. The average molecular weight is 473 g/mol. The number of ether oxygens (including phenoxy) is 2. The Morgan fingerprint density at radius 1 is 1.20 bits per heavy atom. The van der Waals surface area contributed by atoms with Gasteiger partial charge in [-0.3, -0.25) is 4.79 Å². The predicted molar refractivity (Wildman–Crippen MR) is 114 cm³/mol. The molecule has 10 heteroatoms. The zero-order chi connectivity index (χ0) is 21.7. The molecular weight excluding hydrogens is 451 g/mol. The lowest BCUT2D eigenvalue weighted by Crippen LogP contribution is -2.41. The molecule has 0 aliphatic carbocycles. The van der Waals surface area contributed by atoms with Gasteiger partial charge in [-0.1, -0.05) is 41.4 Å². The summed E-state index contributed by atoms with van der Waals surface area (Å²) in [4.78, 5) is 12.6. The topological polar surface area (TPSA) is 84.9 Å². The van der Waals surface area contributed by atoms with Crippen molar-refractivity contribution in [1.29, 1.82) is 0 Å². The summed E-state index contributed by atoms with van der Waals surface area (Å²) in [5.74, 6) is -0.0707. The Balaban J connectivity index is 1.67. The van der Waals surface area contributed by atoms with E-state index >= 15 is 0 Å². The fraction of sp³-hybridized carbons (Fsp3) is 0.350. The van der Waals surface area contributed by atoms with Crippen molar-refractivity contribution < 1.29 is 22.7 Å². The van der Waals surface area contributed by atoms with Gasteiger partial charge in [0.05, 0.1) is 23.1 Å². The molecule has 7 nitrogen and oxygen atoms in total. The summed E-state index contributed by atoms with van der Waals surface area (Å²) in [5, 5.41) is 3.48. The highest BCUT2D eigenvalue weighted by Gasteiger charge is 2.28. The van der Waals surface area contributed by atoms with Gasteiger partial charge in [0.15, 0.2) is 6.10 Å². The van der Waals surface area contributed by atoms with Crippen LogP contribution in [0.4, 0.5) is 0 Å². The van der Waals surface area contributed by atoms with Crippen LogP contribution >= 0.6 is 23.2 Å². The summed E-state index contributed by atoms with van der Waals surface area (Å²) in [7, 11) is -3.68. The first-order valence-electron chi connectivity index (χ1n) is 9.34. The van der Waals surface area contributed by atoms with Crippen LogP contribution in [0.25, 0.3) is 0 Å². The number of nitrogens with one attached hydrogen (secondary N) is 1. The van der Waals surface area contributed by atoms with Crippen LogP contribution < -0.4 is 10.1 Å². The van der Waals surface area contributed by atoms with Crippen LogP contribution in [-0.2, 0) is 26.1 Å². The molecule has 0 aromatic heterocycles. The summed E-state index contributed by atoms with van der Waals surface area (Å²) in [5.41, 5.74) is 0.495. The third kappa shape index (κ3) is 5.44. The van der Waals surface area contributed by atoms with Gasteiger partial charge in [0, 0.05) is 24.7 Å². The normalized spacial score (nSPS) is 16.1. The molecule has 30 heavy (non-hydrogen) atoms. The van der Waals surface area contributed by atoms with Crippen LogP contribution in [0.1, 0.15) is 12.5 Å². The first kappa shape index (κ1) is 22.8. The van der Waals surface area contributed by atoms with E-state index in [1.54, 1.807) is 43.3 Å². The van der Waals surface area contributed by atoms with Gasteiger partial charge in [0.25, 0.3) is 5.91 Å². The highest BCUT2D eigenvalue weighted by molar-refractivity contribution is 7.89. The van der Waals surface area contributed by atoms with Crippen molar-refractivity contribution in [1.82, 2.24) is 9.62 Å². The highest BCUT2D eigenvalue weighted by atomic mass is 35.5. The number of hydrogen-bond donors (Lipinski definition) is 1. The number of hydrogen-bond acceptors (Lipinski definition) is 5. The number of rotatable bonds is 7. The number of benzene rings is 2. The van der Waals surface area contributed by atoms with Crippen LogP contribution in [0, 0.1) is 0 Å². The van der Waals surface area contributed by atoms with Crippen molar-refractivity contribution in [3.8, 4) is 5.75 Å². The van der Waals surface area contributed by atoms with Gasteiger partial charge in [-0.2, -0.15) is 4.31 Å². The third-order valence-electron chi connectivity index (χ3n) is 4.58. The van der Waals surface area contributed by atoms with Crippen molar-refractivity contribution in [3.05, 3.63) is 58.1 Å². The molecule has 1 heterocycles. The zero-order valence-electron chi connectivity index (χ0n) is 16.3. The van der Waals surface area contributed by atoms with Gasteiger partial charge in [-0.05, 0) is 36.8 Å². The van der Waals surface area contributed by atoms with Crippen LogP contribution in [0.5, 0.6) is 5.75 Å². The van der Waals surface area contributed by atoms with Crippen molar-refractivity contribution >= 4 is 39.1 Å². The molecule has 0 bridgehead atoms. The molecule has 1 amide bonds. The number of carbonyl (C=O) groups is 1. The van der Waals surface area contributed by atoms with E-state index in [2.05, 4.69) is 5.32 Å². The van der Waals surface area contributed by atoms with E-state index in [9.17, 15) is 13.2 Å². The smallest absolute Gasteiger partial charge is 0.261 e. The summed E-state index contributed by atoms with van der Waals surface area (Å²) in [6.45, 7) is 2.95. The lowest BCUT2D eigenvalue weighted by Gasteiger charge is -2.27. The van der Waals surface area contributed by atoms with Crippen molar-refractivity contribution in [2.45, 2.75) is 24.5 Å². The summed E-state index contributed by atoms with van der Waals surface area (Å²) in [6, 6.07) is 11.3. The summed E-state index contributed by atoms with van der Waals surface area (Å²) in [6.07, 6.45) is -0.841. The quantitative estimate of drug-likeness (QED) is 0.668. The maximum absolute atomic E-state index is 13.0. The van der Waals surface area contributed by atoms with Gasteiger partial charge in [-0.15, -0.1) is 0 Å². The van der Waals surface area contributed by atoms with E-state index in [-0.39, 0.29) is 11.4 Å². The van der Waals surface area contributed by atoms with E-state index in [4.69, 9.17) is 32.7 Å². The minimum Gasteiger partial charge on any atom is -0.479 e. The fourth-order valence-electron chi connectivity index (χ4n) is 2.97. The van der Waals surface area contributed by atoms with Gasteiger partial charge >= 0.3 is 0 Å². The molecule has 162 valence electrons. The fourth-order valence-corrected chi connectivity index (χ4v) is 5.05. The van der Waals surface area contributed by atoms with E-state index < -0.39 is 22.0 Å². The van der Waals surface area contributed by atoms with Gasteiger partial charge in [-0.25, -0.2) is 8.42 Å². The second-order valence-electron chi connectivity index (χ2n) is 6.68. The maximum atomic E-state index is 13.0. The number of morpholine rings is 1. The number of halogens is 2. The third-order valence-corrected chi connectivity index (χ3v) is 7.11. The monoisotopic (exact) mass is 472 g/mol. The second-order valence-corrected chi connectivity index (χ2v) is 9.43. The van der Waals surface area contributed by atoms with E-state index in [1.165, 1.54) is 10.4 Å². The van der Waals surface area contributed by atoms with Crippen molar-refractivity contribution in [2.75, 3.05) is 26.3 Å². The average Bonchev–Trinajstić information content (AvgIpc) is 2.74. The molecule has 0 saturated carbocycles. The lowest BCUT2D eigenvalue weighted by molar-refractivity contribution is -0.127. The summed E-state index contributed by atoms with van der Waals surface area (Å²) < 4.78 is 38.2. The molecule has 0 unspecified atom stereocenters. The van der Waals surface area contributed by atoms with E-state index in [1.807, 2.05) is 0 Å². The molecule has 0 spiro atoms. The van der Waals surface area contributed by atoms with Gasteiger partial charge in [0.1, 0.15) is 5.75 Å². The Bertz CT molecular complexity index is 1010. The zero-order valence-corrected chi connectivity index (χ0v) is 18.6. The molecular formula is C20H22Cl2N2O5S. The number of carbonyl (C=O) groups excluding carboxylic acids is 1. The molecule has 3 rings (SSSR count). The molecule has 1 saturated heterocycles. The van der Waals surface area contributed by atoms with Crippen LogP contribution in [-0.4, -0.2) is 51.0 Å². The maximum Gasteiger partial charge on any atom is 0.261 e. The molecule has 0 radical (unpaired) electrons. The Hall–Kier alpha value is -1.84. The molecule has 2 aromatic carbocycles. The first-order chi connectivity index (χ1) is 14.3. The predicted octanol–water partition coefficient (Wildman–Crippen LogP) is 3.10. The first-order valence-corrected chi connectivity index (χ1v) is 11.5. The standard InChI is InChI=1S/C20H22Cl2N2O5S/c1-14(29-18-7-6-16(21)12-17(18)22)20(25)23-13-15-4-2-3-5-19(15)30(26,27)24-8-10-28-11-9-24/h2-7,12,14H,8-11,13H2,1H3,(H,23,25)/t14-/m1/s1. The number of nitrogens with zero attached hydrogens (tertiary/aromatic N) is 1. The van der Waals surface area contributed by atoms with E-state index in [0.29, 0.717) is 47.7 Å². The van der Waals surface area contributed by atoms with Crippen molar-refractivity contribution in [3.63, 3.8) is 0 Å². The lowest BCUT2D eigenvalue weighted by atomic mass is 10.2. The SMILES string of the molecule is C[C@@H](Oc1ccc(Cl)cc1Cl)C(=O)NCc1ccccc1S(=O)(=O)N1CCOCC1. The number of amides is 1. The van der Waals surface area contributed by atoms with E-state index in [0.717, 1.165) is 0 Å². The molecule has 1 atom stereocenters. The minimum absolute atomic E-state index is 0.0423. The second kappa shape index (κ2) is 9.98. The molecule has 1 aliphatic heterocycles. The Morgan fingerprint density at radius 3 is 2.60 bits per heavy atom. The van der Waals surface area contributed by atoms with Crippen LogP contribution in [0.15, 0.2) is 47.4 Å². The van der Waals surface area contributed by atoms with Crippen LogP contribution in [0.2, 0.25) is 10.0 Å². The van der Waals surface area contributed by atoms with Crippen LogP contribution in [0.3, 0.4) is 0 Å².